The quantitative estimate of drug-likeness (QED) is 0.895. The van der Waals surface area contributed by atoms with Crippen LogP contribution in [0, 0.1) is 5.92 Å². The number of halogens is 2. The van der Waals surface area contributed by atoms with Crippen LogP contribution in [0.2, 0.25) is 0 Å². The molecule has 0 bridgehead atoms. The monoisotopic (exact) mass is 349 g/mol. The first-order valence-electron chi connectivity index (χ1n) is 7.90. The second kappa shape index (κ2) is 5.77. The zero-order valence-corrected chi connectivity index (χ0v) is 13.8. The van der Waals surface area contributed by atoms with Gasteiger partial charge in [-0.3, -0.25) is 0 Å². The van der Waals surface area contributed by atoms with Crippen LogP contribution in [0.3, 0.4) is 0 Å². The van der Waals surface area contributed by atoms with Gasteiger partial charge in [0.25, 0.3) is 5.89 Å². The fourth-order valence-corrected chi connectivity index (χ4v) is 5.05. The van der Waals surface area contributed by atoms with Crippen molar-refractivity contribution in [3.8, 4) is 0 Å². The van der Waals surface area contributed by atoms with Crippen molar-refractivity contribution < 1.29 is 21.7 Å². The fourth-order valence-electron chi connectivity index (χ4n) is 3.61. The van der Waals surface area contributed by atoms with Crippen molar-refractivity contribution in [3.05, 3.63) is 11.7 Å². The third-order valence-corrected chi connectivity index (χ3v) is 7.10. The summed E-state index contributed by atoms with van der Waals surface area (Å²) in [6, 6.07) is 0. The minimum Gasteiger partial charge on any atom is -0.333 e. The highest BCUT2D eigenvalue weighted by molar-refractivity contribution is 7.91. The predicted octanol–water partition coefficient (Wildman–Crippen LogP) is 1.97. The summed E-state index contributed by atoms with van der Waals surface area (Å²) in [4.78, 5) is 3.85. The number of nitrogens with one attached hydrogen (secondary N) is 1. The summed E-state index contributed by atoms with van der Waals surface area (Å²) in [6.07, 6.45) is 3.87. The average Bonchev–Trinajstić information content (AvgIpc) is 3.17. The van der Waals surface area contributed by atoms with Crippen LogP contribution in [0.4, 0.5) is 8.78 Å². The summed E-state index contributed by atoms with van der Waals surface area (Å²) in [5.41, 5.74) is 0. The van der Waals surface area contributed by atoms with E-state index in [2.05, 4.69) is 15.5 Å². The molecule has 130 valence electrons. The topological polar surface area (TPSA) is 85.1 Å². The molecule has 23 heavy (non-hydrogen) atoms. The molecular formula is C14H21F2N3O3S. The molecule has 1 N–H and O–H groups in total. The molecule has 1 aliphatic carbocycles. The van der Waals surface area contributed by atoms with Crippen LogP contribution in [0.1, 0.15) is 50.2 Å². The first-order chi connectivity index (χ1) is 10.8. The summed E-state index contributed by atoms with van der Waals surface area (Å²) in [5, 5.41) is 6.67. The Bertz CT molecular complexity index is 663. The van der Waals surface area contributed by atoms with Gasteiger partial charge in [-0.1, -0.05) is 18.0 Å². The minimum atomic E-state index is -3.51. The standard InChI is InChI=1S/C14H21F2N3O3S/c1-23(20,21)13(6-2-3-7-13)11-18-12(22-19-11)14(15,16)10-4-8-17-9-5-10/h10,17H,2-9H2,1H3. The van der Waals surface area contributed by atoms with Crippen LogP contribution in [0.5, 0.6) is 0 Å². The highest BCUT2D eigenvalue weighted by Gasteiger charge is 2.52. The van der Waals surface area contributed by atoms with Crippen molar-refractivity contribution in [3.63, 3.8) is 0 Å². The molecule has 0 atom stereocenters. The Morgan fingerprint density at radius 3 is 2.43 bits per heavy atom. The van der Waals surface area contributed by atoms with E-state index in [1.807, 2.05) is 0 Å². The highest BCUT2D eigenvalue weighted by Crippen LogP contribution is 2.46. The van der Waals surface area contributed by atoms with E-state index in [9.17, 15) is 17.2 Å². The van der Waals surface area contributed by atoms with Gasteiger partial charge >= 0.3 is 5.92 Å². The van der Waals surface area contributed by atoms with Crippen molar-refractivity contribution in [1.82, 2.24) is 15.5 Å². The Balaban J connectivity index is 1.93. The third-order valence-electron chi connectivity index (χ3n) is 5.09. The Kier molecular flexibility index (Phi) is 4.20. The molecule has 1 aliphatic heterocycles. The highest BCUT2D eigenvalue weighted by atomic mass is 32.2. The number of alkyl halides is 2. The third kappa shape index (κ3) is 2.77. The average molecular weight is 349 g/mol. The van der Waals surface area contributed by atoms with Crippen molar-refractivity contribution in [1.29, 1.82) is 0 Å². The van der Waals surface area contributed by atoms with E-state index in [0.29, 0.717) is 51.6 Å². The molecule has 9 heteroatoms. The number of hydrogen-bond donors (Lipinski definition) is 1. The van der Waals surface area contributed by atoms with E-state index in [4.69, 9.17) is 4.52 Å². The summed E-state index contributed by atoms with van der Waals surface area (Å²) >= 11 is 0. The van der Waals surface area contributed by atoms with Gasteiger partial charge in [-0.05, 0) is 38.8 Å². The molecule has 1 saturated heterocycles. The maximum atomic E-state index is 14.6. The molecule has 2 aliphatic rings. The van der Waals surface area contributed by atoms with Gasteiger partial charge < -0.3 is 9.84 Å². The predicted molar refractivity (Wildman–Crippen MR) is 78.8 cm³/mol. The van der Waals surface area contributed by atoms with Gasteiger partial charge in [0.15, 0.2) is 15.7 Å². The Hall–Kier alpha value is -1.09. The summed E-state index contributed by atoms with van der Waals surface area (Å²) in [5.74, 6) is -4.96. The van der Waals surface area contributed by atoms with Crippen molar-refractivity contribution in [2.45, 2.75) is 49.2 Å². The Morgan fingerprint density at radius 1 is 1.26 bits per heavy atom. The Labute approximate surface area is 133 Å². The van der Waals surface area contributed by atoms with E-state index < -0.39 is 32.3 Å². The van der Waals surface area contributed by atoms with Gasteiger partial charge in [-0.25, -0.2) is 8.42 Å². The lowest BCUT2D eigenvalue weighted by Crippen LogP contribution is -2.37. The second-order valence-corrected chi connectivity index (χ2v) is 8.87. The van der Waals surface area contributed by atoms with E-state index in [1.165, 1.54) is 0 Å². The molecular weight excluding hydrogens is 328 g/mol. The van der Waals surface area contributed by atoms with Crippen LogP contribution in [0.15, 0.2) is 4.52 Å². The van der Waals surface area contributed by atoms with E-state index in [0.717, 1.165) is 6.26 Å². The first kappa shape index (κ1) is 16.8. The number of rotatable bonds is 4. The SMILES string of the molecule is CS(=O)(=O)C1(c2noc(C(F)(F)C3CCNCC3)n2)CCCC1. The van der Waals surface area contributed by atoms with Crippen molar-refractivity contribution in [2.24, 2.45) is 5.92 Å². The normalized spacial score (nSPS) is 23.3. The molecule has 1 saturated carbocycles. The van der Waals surface area contributed by atoms with Crippen LogP contribution in [-0.4, -0.2) is 37.9 Å². The Morgan fingerprint density at radius 2 is 1.87 bits per heavy atom. The summed E-state index contributed by atoms with van der Waals surface area (Å²) in [6.45, 7) is 1.04. The van der Waals surface area contributed by atoms with Crippen LogP contribution < -0.4 is 5.32 Å². The van der Waals surface area contributed by atoms with E-state index in [-0.39, 0.29) is 5.82 Å². The van der Waals surface area contributed by atoms with Gasteiger partial charge in [0.2, 0.25) is 0 Å². The maximum Gasteiger partial charge on any atom is 0.327 e. The fraction of sp³-hybridized carbons (Fsp3) is 0.857. The molecule has 1 aromatic heterocycles. The summed E-state index contributed by atoms with van der Waals surface area (Å²) in [7, 11) is -3.51. The number of nitrogens with zero attached hydrogens (tertiary/aromatic N) is 2. The van der Waals surface area contributed by atoms with Gasteiger partial charge in [0, 0.05) is 12.2 Å². The van der Waals surface area contributed by atoms with Crippen LogP contribution in [-0.2, 0) is 20.5 Å². The first-order valence-corrected chi connectivity index (χ1v) is 9.79. The van der Waals surface area contributed by atoms with E-state index in [1.54, 1.807) is 0 Å². The molecule has 0 aromatic carbocycles. The van der Waals surface area contributed by atoms with E-state index >= 15 is 0 Å². The van der Waals surface area contributed by atoms with Crippen molar-refractivity contribution >= 4 is 9.84 Å². The van der Waals surface area contributed by atoms with Gasteiger partial charge in [0.05, 0.1) is 0 Å². The zero-order valence-electron chi connectivity index (χ0n) is 13.0. The lowest BCUT2D eigenvalue weighted by molar-refractivity contribution is -0.0993. The van der Waals surface area contributed by atoms with Gasteiger partial charge in [-0.15, -0.1) is 0 Å². The number of sulfone groups is 1. The molecule has 0 amide bonds. The molecule has 2 fully saturated rings. The van der Waals surface area contributed by atoms with Crippen LogP contribution >= 0.6 is 0 Å². The maximum absolute atomic E-state index is 14.6. The smallest absolute Gasteiger partial charge is 0.327 e. The lowest BCUT2D eigenvalue weighted by Gasteiger charge is -2.27. The molecule has 0 spiro atoms. The zero-order chi connectivity index (χ0) is 16.7. The minimum absolute atomic E-state index is 0.110. The number of hydrogen-bond acceptors (Lipinski definition) is 6. The summed E-state index contributed by atoms with van der Waals surface area (Å²) < 4.78 is 57.1. The molecule has 3 rings (SSSR count). The van der Waals surface area contributed by atoms with Crippen molar-refractivity contribution in [2.75, 3.05) is 19.3 Å². The lowest BCUT2D eigenvalue weighted by atomic mass is 9.91. The molecule has 2 heterocycles. The molecule has 0 unspecified atom stereocenters. The molecule has 1 aromatic rings. The largest absolute Gasteiger partial charge is 0.333 e. The number of piperidine rings is 1. The molecule has 0 radical (unpaired) electrons. The number of aromatic nitrogens is 2. The second-order valence-electron chi connectivity index (χ2n) is 6.54. The van der Waals surface area contributed by atoms with Crippen LogP contribution in [0.25, 0.3) is 0 Å². The molecule has 6 nitrogen and oxygen atoms in total. The van der Waals surface area contributed by atoms with Gasteiger partial charge in [-0.2, -0.15) is 13.8 Å². The van der Waals surface area contributed by atoms with Gasteiger partial charge in [0.1, 0.15) is 4.75 Å².